The highest BCUT2D eigenvalue weighted by atomic mass is 19.1. The lowest BCUT2D eigenvalue weighted by Gasteiger charge is -2.08. The standard InChI is InChI=1S/C19H13F2N3O3/c20-13-6-12(7-14(21)9-13)19(26)24-15-4-5-17(23-10-15)27-16-3-1-2-11(8-16)18(22)25/h1-10H,(H2,22,25)(H,24,26). The van der Waals surface area contributed by atoms with Crippen LogP contribution in [-0.2, 0) is 0 Å². The number of carbonyl (C=O) groups is 2. The highest BCUT2D eigenvalue weighted by Crippen LogP contribution is 2.22. The van der Waals surface area contributed by atoms with Crippen LogP contribution in [0.15, 0.2) is 60.8 Å². The van der Waals surface area contributed by atoms with Gasteiger partial charge in [0.15, 0.2) is 0 Å². The summed E-state index contributed by atoms with van der Waals surface area (Å²) in [6.45, 7) is 0. The van der Waals surface area contributed by atoms with Gasteiger partial charge >= 0.3 is 0 Å². The van der Waals surface area contributed by atoms with Crippen LogP contribution in [0.4, 0.5) is 14.5 Å². The summed E-state index contributed by atoms with van der Waals surface area (Å²) in [7, 11) is 0. The maximum atomic E-state index is 13.2. The fraction of sp³-hybridized carbons (Fsp3) is 0. The number of anilines is 1. The number of nitrogens with two attached hydrogens (primary N) is 1. The molecule has 2 aromatic carbocycles. The second-order valence-electron chi connectivity index (χ2n) is 5.49. The Hall–Kier alpha value is -3.81. The smallest absolute Gasteiger partial charge is 0.255 e. The highest BCUT2D eigenvalue weighted by Gasteiger charge is 2.10. The van der Waals surface area contributed by atoms with Gasteiger partial charge in [-0.3, -0.25) is 9.59 Å². The molecule has 6 nitrogen and oxygen atoms in total. The van der Waals surface area contributed by atoms with E-state index < -0.39 is 23.4 Å². The fourth-order valence-electron chi connectivity index (χ4n) is 2.24. The van der Waals surface area contributed by atoms with Gasteiger partial charge in [-0.05, 0) is 36.4 Å². The Kier molecular flexibility index (Phi) is 5.07. The topological polar surface area (TPSA) is 94.3 Å². The first-order valence-electron chi connectivity index (χ1n) is 7.72. The normalized spacial score (nSPS) is 10.3. The third kappa shape index (κ3) is 4.63. The molecule has 2 amide bonds. The first-order valence-corrected chi connectivity index (χ1v) is 7.72. The maximum Gasteiger partial charge on any atom is 0.255 e. The van der Waals surface area contributed by atoms with Crippen molar-refractivity contribution in [3.63, 3.8) is 0 Å². The molecule has 3 rings (SSSR count). The molecule has 0 fully saturated rings. The van der Waals surface area contributed by atoms with E-state index in [1.807, 2.05) is 0 Å². The first-order chi connectivity index (χ1) is 12.9. The number of aromatic nitrogens is 1. The third-order valence-electron chi connectivity index (χ3n) is 3.46. The molecule has 0 atom stereocenters. The van der Waals surface area contributed by atoms with Crippen LogP contribution in [-0.4, -0.2) is 16.8 Å². The van der Waals surface area contributed by atoms with Crippen LogP contribution in [0, 0.1) is 11.6 Å². The van der Waals surface area contributed by atoms with Gasteiger partial charge in [-0.2, -0.15) is 0 Å². The van der Waals surface area contributed by atoms with Crippen LogP contribution in [0.1, 0.15) is 20.7 Å². The van der Waals surface area contributed by atoms with Gasteiger partial charge in [-0.1, -0.05) is 6.07 Å². The summed E-state index contributed by atoms with van der Waals surface area (Å²) < 4.78 is 31.9. The Morgan fingerprint density at radius 2 is 1.70 bits per heavy atom. The summed E-state index contributed by atoms with van der Waals surface area (Å²) in [5.74, 6) is -2.38. The van der Waals surface area contributed by atoms with E-state index in [0.717, 1.165) is 12.1 Å². The average molecular weight is 369 g/mol. The maximum absolute atomic E-state index is 13.2. The molecule has 1 aromatic heterocycles. The van der Waals surface area contributed by atoms with Crippen molar-refractivity contribution >= 4 is 17.5 Å². The number of primary amides is 1. The molecule has 3 N–H and O–H groups in total. The molecule has 0 bridgehead atoms. The number of carbonyl (C=O) groups excluding carboxylic acids is 2. The summed E-state index contributed by atoms with van der Waals surface area (Å²) >= 11 is 0. The summed E-state index contributed by atoms with van der Waals surface area (Å²) in [6, 6.07) is 11.8. The molecule has 0 saturated carbocycles. The summed E-state index contributed by atoms with van der Waals surface area (Å²) in [4.78, 5) is 27.3. The number of pyridine rings is 1. The molecule has 8 heteroatoms. The van der Waals surface area contributed by atoms with Gasteiger partial charge in [-0.25, -0.2) is 13.8 Å². The Morgan fingerprint density at radius 3 is 2.33 bits per heavy atom. The number of rotatable bonds is 5. The molecule has 0 radical (unpaired) electrons. The Morgan fingerprint density at radius 1 is 0.963 bits per heavy atom. The lowest BCUT2D eigenvalue weighted by Crippen LogP contribution is -2.12. The molecule has 0 saturated heterocycles. The lowest BCUT2D eigenvalue weighted by atomic mass is 10.2. The van der Waals surface area contributed by atoms with Gasteiger partial charge in [0.2, 0.25) is 11.8 Å². The van der Waals surface area contributed by atoms with Crippen LogP contribution in [0.5, 0.6) is 11.6 Å². The Labute approximate surface area is 152 Å². The number of hydrogen-bond acceptors (Lipinski definition) is 4. The summed E-state index contributed by atoms with van der Waals surface area (Å²) in [6.07, 6.45) is 1.32. The summed E-state index contributed by atoms with van der Waals surface area (Å²) in [5.41, 5.74) is 5.65. The predicted molar refractivity (Wildman–Crippen MR) is 93.6 cm³/mol. The number of hydrogen-bond donors (Lipinski definition) is 2. The van der Waals surface area contributed by atoms with Gasteiger partial charge in [0.25, 0.3) is 5.91 Å². The molecule has 0 aliphatic heterocycles. The van der Waals surface area contributed by atoms with Crippen LogP contribution in [0.25, 0.3) is 0 Å². The van der Waals surface area contributed by atoms with Crippen LogP contribution in [0.3, 0.4) is 0 Å². The quantitative estimate of drug-likeness (QED) is 0.720. The zero-order valence-corrected chi connectivity index (χ0v) is 13.8. The number of nitrogens with zero attached hydrogens (tertiary/aromatic N) is 1. The van der Waals surface area contributed by atoms with Gasteiger partial charge in [0.05, 0.1) is 11.9 Å². The zero-order valence-electron chi connectivity index (χ0n) is 13.8. The minimum Gasteiger partial charge on any atom is -0.439 e. The second-order valence-corrected chi connectivity index (χ2v) is 5.49. The minimum absolute atomic E-state index is 0.156. The molecule has 3 aromatic rings. The van der Waals surface area contributed by atoms with Crippen molar-refractivity contribution in [2.75, 3.05) is 5.32 Å². The fourth-order valence-corrected chi connectivity index (χ4v) is 2.24. The largest absolute Gasteiger partial charge is 0.439 e. The number of benzene rings is 2. The third-order valence-corrected chi connectivity index (χ3v) is 3.46. The monoisotopic (exact) mass is 369 g/mol. The van der Waals surface area contributed by atoms with Crippen LogP contribution in [0.2, 0.25) is 0 Å². The number of ether oxygens (including phenoxy) is 1. The van der Waals surface area contributed by atoms with E-state index in [4.69, 9.17) is 10.5 Å². The minimum atomic E-state index is -0.847. The molecular weight excluding hydrogens is 356 g/mol. The van der Waals surface area contributed by atoms with E-state index in [9.17, 15) is 18.4 Å². The number of halogens is 2. The Bertz CT molecular complexity index is 987. The second kappa shape index (κ2) is 7.61. The molecule has 0 unspecified atom stereocenters. The van der Waals surface area contributed by atoms with Crippen molar-refractivity contribution in [1.82, 2.24) is 4.98 Å². The summed E-state index contributed by atoms with van der Waals surface area (Å²) in [5, 5.41) is 2.48. The van der Waals surface area contributed by atoms with Crippen molar-refractivity contribution in [2.45, 2.75) is 0 Å². The van der Waals surface area contributed by atoms with Crippen molar-refractivity contribution in [3.05, 3.63) is 83.6 Å². The molecule has 0 aliphatic carbocycles. The highest BCUT2D eigenvalue weighted by molar-refractivity contribution is 6.04. The Balaban J connectivity index is 1.69. The van der Waals surface area contributed by atoms with Crippen molar-refractivity contribution in [2.24, 2.45) is 5.73 Å². The first kappa shape index (κ1) is 18.0. The van der Waals surface area contributed by atoms with Gasteiger partial charge in [-0.15, -0.1) is 0 Å². The number of amides is 2. The molecule has 27 heavy (non-hydrogen) atoms. The van der Waals surface area contributed by atoms with E-state index >= 15 is 0 Å². The van der Waals surface area contributed by atoms with Gasteiger partial charge < -0.3 is 15.8 Å². The van der Waals surface area contributed by atoms with E-state index in [1.54, 1.807) is 18.2 Å². The van der Waals surface area contributed by atoms with E-state index in [0.29, 0.717) is 23.1 Å². The van der Waals surface area contributed by atoms with Crippen LogP contribution < -0.4 is 15.8 Å². The molecular formula is C19H13F2N3O3. The van der Waals surface area contributed by atoms with Gasteiger partial charge in [0.1, 0.15) is 17.4 Å². The average Bonchev–Trinajstić information content (AvgIpc) is 2.63. The van der Waals surface area contributed by atoms with Crippen LogP contribution >= 0.6 is 0 Å². The van der Waals surface area contributed by atoms with Crippen molar-refractivity contribution < 1.29 is 23.1 Å². The SMILES string of the molecule is NC(=O)c1cccc(Oc2ccc(NC(=O)c3cc(F)cc(F)c3)cn2)c1. The number of nitrogens with one attached hydrogen (secondary N) is 1. The predicted octanol–water partition coefficient (Wildman–Crippen LogP) is 3.50. The van der Waals surface area contributed by atoms with Crippen molar-refractivity contribution in [3.8, 4) is 11.6 Å². The van der Waals surface area contributed by atoms with E-state index in [2.05, 4.69) is 10.3 Å². The molecule has 0 spiro atoms. The molecule has 136 valence electrons. The molecule has 0 aliphatic rings. The lowest BCUT2D eigenvalue weighted by molar-refractivity contribution is 0.0997. The van der Waals surface area contributed by atoms with E-state index in [1.165, 1.54) is 24.4 Å². The van der Waals surface area contributed by atoms with E-state index in [-0.39, 0.29) is 11.4 Å². The zero-order chi connectivity index (χ0) is 19.4. The molecule has 1 heterocycles. The van der Waals surface area contributed by atoms with Crippen molar-refractivity contribution in [1.29, 1.82) is 0 Å². The van der Waals surface area contributed by atoms with Gasteiger partial charge in [0, 0.05) is 23.3 Å².